The lowest BCUT2D eigenvalue weighted by Crippen LogP contribution is -2.34. The van der Waals surface area contributed by atoms with Gasteiger partial charge in [-0.05, 0) is 34.5 Å². The first-order chi connectivity index (χ1) is 15.0. The molecule has 0 spiro atoms. The Kier molecular flexibility index (Phi) is 5.85. The molecule has 3 aromatic rings. The number of methoxy groups -OCH3 is 1. The third-order valence-corrected chi connectivity index (χ3v) is 5.95. The van der Waals surface area contributed by atoms with E-state index in [2.05, 4.69) is 20.3 Å². The number of thiophene rings is 1. The lowest BCUT2D eigenvalue weighted by Gasteiger charge is -2.18. The molecule has 11 heteroatoms. The number of fused-ring (bicyclic) bond motifs is 1. The molecule has 1 N–H and O–H groups in total. The number of ether oxygens (including phenoxy) is 1. The van der Waals surface area contributed by atoms with Crippen molar-refractivity contribution in [2.45, 2.75) is 26.4 Å². The zero-order valence-corrected chi connectivity index (χ0v) is 17.9. The number of amides is 2. The maximum Gasteiger partial charge on any atom is 0.278 e. The van der Waals surface area contributed by atoms with Crippen LogP contribution >= 0.6 is 11.3 Å². The summed E-state index contributed by atoms with van der Waals surface area (Å²) < 4.78 is 11.5. The van der Waals surface area contributed by atoms with Gasteiger partial charge in [0.2, 0.25) is 0 Å². The molecule has 1 aliphatic rings. The summed E-state index contributed by atoms with van der Waals surface area (Å²) in [5.41, 5.74) is 2.10. The van der Waals surface area contributed by atoms with Gasteiger partial charge in [0.1, 0.15) is 17.0 Å². The van der Waals surface area contributed by atoms with Crippen LogP contribution in [0.4, 0.5) is 0 Å². The number of pyridine rings is 1. The van der Waals surface area contributed by atoms with Crippen LogP contribution in [-0.2, 0) is 19.5 Å². The molecule has 2 amide bonds. The molecule has 0 bridgehead atoms. The molecule has 0 saturated carbocycles. The van der Waals surface area contributed by atoms with E-state index in [-0.39, 0.29) is 35.4 Å². The van der Waals surface area contributed by atoms with Crippen LogP contribution in [0.5, 0.6) is 5.75 Å². The number of nitrogens with one attached hydrogen (secondary N) is 1. The highest BCUT2D eigenvalue weighted by atomic mass is 32.1. The molecule has 4 rings (SSSR count). The van der Waals surface area contributed by atoms with Crippen LogP contribution in [0, 0.1) is 6.92 Å². The SMILES string of the molecule is COc1cc(=O)n2c(c1C(=O)NCc1ccsc1)CCN(C(=O)c1nonc1C)CC2. The van der Waals surface area contributed by atoms with Crippen LogP contribution in [0.3, 0.4) is 0 Å². The Morgan fingerprint density at radius 2 is 2.13 bits per heavy atom. The minimum atomic E-state index is -0.330. The van der Waals surface area contributed by atoms with Crippen molar-refractivity contribution in [2.75, 3.05) is 20.2 Å². The quantitative estimate of drug-likeness (QED) is 0.630. The first-order valence-electron chi connectivity index (χ1n) is 9.68. The van der Waals surface area contributed by atoms with Gasteiger partial charge in [0.25, 0.3) is 17.4 Å². The van der Waals surface area contributed by atoms with Gasteiger partial charge in [0.15, 0.2) is 5.69 Å². The van der Waals surface area contributed by atoms with E-state index in [1.165, 1.54) is 17.7 Å². The van der Waals surface area contributed by atoms with E-state index in [1.54, 1.807) is 23.2 Å². The molecule has 0 radical (unpaired) electrons. The summed E-state index contributed by atoms with van der Waals surface area (Å²) in [4.78, 5) is 40.1. The standard InChI is InChI=1S/C20H21N5O5S/c1-12-18(23-30-22-12)20(28)24-5-3-14-17(19(27)21-10-13-4-8-31-11-13)15(29-2)9-16(26)25(14)7-6-24/h4,8-9,11H,3,5-7,10H2,1-2H3,(H,21,27). The summed E-state index contributed by atoms with van der Waals surface area (Å²) in [6, 6.07) is 3.24. The highest BCUT2D eigenvalue weighted by Gasteiger charge is 2.28. The molecular formula is C20H21N5O5S. The van der Waals surface area contributed by atoms with Gasteiger partial charge in [-0.2, -0.15) is 11.3 Å². The molecule has 0 unspecified atom stereocenters. The molecule has 0 aromatic carbocycles. The largest absolute Gasteiger partial charge is 0.496 e. The van der Waals surface area contributed by atoms with Gasteiger partial charge in [-0.3, -0.25) is 14.4 Å². The average Bonchev–Trinajstić information content (AvgIpc) is 3.38. The van der Waals surface area contributed by atoms with E-state index in [4.69, 9.17) is 4.74 Å². The summed E-state index contributed by atoms with van der Waals surface area (Å²) in [6.07, 6.45) is 0.309. The van der Waals surface area contributed by atoms with Crippen molar-refractivity contribution >= 4 is 23.2 Å². The minimum absolute atomic E-state index is 0.143. The topological polar surface area (TPSA) is 120 Å². The van der Waals surface area contributed by atoms with Crippen molar-refractivity contribution in [1.82, 2.24) is 25.1 Å². The lowest BCUT2D eigenvalue weighted by molar-refractivity contribution is 0.0747. The molecule has 4 heterocycles. The van der Waals surface area contributed by atoms with E-state index < -0.39 is 0 Å². The van der Waals surface area contributed by atoms with Gasteiger partial charge in [-0.1, -0.05) is 5.16 Å². The Bertz CT molecular complexity index is 1170. The molecule has 0 aliphatic carbocycles. The molecule has 0 fully saturated rings. The van der Waals surface area contributed by atoms with E-state index >= 15 is 0 Å². The fourth-order valence-corrected chi connectivity index (χ4v) is 4.27. The number of hydrogen-bond acceptors (Lipinski definition) is 8. The maximum absolute atomic E-state index is 13.0. The molecule has 31 heavy (non-hydrogen) atoms. The van der Waals surface area contributed by atoms with Crippen molar-refractivity contribution in [3.63, 3.8) is 0 Å². The van der Waals surface area contributed by atoms with Crippen molar-refractivity contribution in [2.24, 2.45) is 0 Å². The summed E-state index contributed by atoms with van der Waals surface area (Å²) >= 11 is 1.55. The van der Waals surface area contributed by atoms with Crippen LogP contribution in [0.2, 0.25) is 0 Å². The third-order valence-electron chi connectivity index (χ3n) is 5.22. The molecule has 10 nitrogen and oxygen atoms in total. The molecule has 1 aliphatic heterocycles. The van der Waals surface area contributed by atoms with Crippen LogP contribution in [-0.4, -0.2) is 51.8 Å². The van der Waals surface area contributed by atoms with E-state index in [0.717, 1.165) is 5.56 Å². The maximum atomic E-state index is 13.0. The summed E-state index contributed by atoms with van der Waals surface area (Å²) in [6.45, 7) is 2.86. The number of nitrogens with zero attached hydrogens (tertiary/aromatic N) is 4. The second-order valence-electron chi connectivity index (χ2n) is 7.08. The smallest absolute Gasteiger partial charge is 0.278 e. The third kappa shape index (κ3) is 4.08. The van der Waals surface area contributed by atoms with Crippen molar-refractivity contribution in [3.05, 3.63) is 61.5 Å². The molecule has 0 atom stereocenters. The predicted octanol–water partition coefficient (Wildman–Crippen LogP) is 1.24. The van der Waals surface area contributed by atoms with Gasteiger partial charge in [-0.15, -0.1) is 0 Å². The number of aromatic nitrogens is 3. The Morgan fingerprint density at radius 3 is 2.81 bits per heavy atom. The number of carbonyl (C=O) groups is 2. The first kappa shape index (κ1) is 20.8. The minimum Gasteiger partial charge on any atom is -0.496 e. The van der Waals surface area contributed by atoms with Crippen molar-refractivity contribution < 1.29 is 19.0 Å². The first-order valence-corrected chi connectivity index (χ1v) is 10.6. The van der Waals surface area contributed by atoms with Gasteiger partial charge in [-0.25, -0.2) is 4.63 Å². The second kappa shape index (κ2) is 8.72. The average molecular weight is 443 g/mol. The summed E-state index contributed by atoms with van der Waals surface area (Å²) in [5.74, 6) is -0.437. The number of hydrogen-bond donors (Lipinski definition) is 1. The fourth-order valence-electron chi connectivity index (χ4n) is 3.60. The molecule has 0 saturated heterocycles. The van der Waals surface area contributed by atoms with Gasteiger partial charge < -0.3 is 19.5 Å². The Balaban J connectivity index is 1.62. The van der Waals surface area contributed by atoms with Crippen molar-refractivity contribution in [1.29, 1.82) is 0 Å². The fraction of sp³-hybridized carbons (Fsp3) is 0.350. The Hall–Kier alpha value is -3.47. The summed E-state index contributed by atoms with van der Waals surface area (Å²) in [5, 5.41) is 14.1. The van der Waals surface area contributed by atoms with Crippen LogP contribution in [0.15, 0.2) is 32.3 Å². The van der Waals surface area contributed by atoms with E-state index in [1.807, 2.05) is 16.8 Å². The second-order valence-corrected chi connectivity index (χ2v) is 7.86. The zero-order valence-electron chi connectivity index (χ0n) is 17.1. The molecule has 162 valence electrons. The zero-order chi connectivity index (χ0) is 22.0. The summed E-state index contributed by atoms with van der Waals surface area (Å²) in [7, 11) is 1.42. The Morgan fingerprint density at radius 1 is 1.29 bits per heavy atom. The number of carbonyl (C=O) groups excluding carboxylic acids is 2. The highest BCUT2D eigenvalue weighted by molar-refractivity contribution is 7.07. The van der Waals surface area contributed by atoms with E-state index in [9.17, 15) is 14.4 Å². The number of aryl methyl sites for hydroxylation is 1. The lowest BCUT2D eigenvalue weighted by atomic mass is 10.1. The Labute approximate surface area is 181 Å². The molecular weight excluding hydrogens is 422 g/mol. The molecule has 3 aromatic heterocycles. The van der Waals surface area contributed by atoms with E-state index in [0.29, 0.717) is 43.0 Å². The van der Waals surface area contributed by atoms with Gasteiger partial charge in [0.05, 0.1) is 7.11 Å². The van der Waals surface area contributed by atoms with Gasteiger partial charge >= 0.3 is 0 Å². The number of rotatable bonds is 5. The highest BCUT2D eigenvalue weighted by Crippen LogP contribution is 2.23. The van der Waals surface area contributed by atoms with Crippen LogP contribution < -0.4 is 15.6 Å². The van der Waals surface area contributed by atoms with Crippen LogP contribution in [0.1, 0.15) is 37.8 Å². The predicted molar refractivity (Wildman–Crippen MR) is 111 cm³/mol. The van der Waals surface area contributed by atoms with Crippen LogP contribution in [0.25, 0.3) is 0 Å². The van der Waals surface area contributed by atoms with Gasteiger partial charge in [0, 0.05) is 44.4 Å². The normalized spacial score (nSPS) is 13.4. The monoisotopic (exact) mass is 443 g/mol. The van der Waals surface area contributed by atoms with Crippen molar-refractivity contribution in [3.8, 4) is 5.75 Å².